The maximum absolute atomic E-state index is 13.6. The largest absolute Gasteiger partial charge is 0.421 e. The Labute approximate surface area is 118 Å². The van der Waals surface area contributed by atoms with Crippen LogP contribution in [0.2, 0.25) is 0 Å². The molecule has 0 aliphatic rings. The minimum absolute atomic E-state index is 0.0943. The number of aryl methyl sites for hydroxylation is 1. The number of halogens is 4. The van der Waals surface area contributed by atoms with E-state index in [1.165, 1.54) is 19.2 Å². The van der Waals surface area contributed by atoms with Gasteiger partial charge in [-0.2, -0.15) is 18.2 Å². The summed E-state index contributed by atoms with van der Waals surface area (Å²) in [5.74, 6) is -1.06. The molecule has 0 amide bonds. The monoisotopic (exact) mass is 300 g/mol. The molecule has 1 aromatic heterocycles. The Hall–Kier alpha value is -2.38. The van der Waals surface area contributed by atoms with Crippen LogP contribution in [0.3, 0.4) is 0 Å². The van der Waals surface area contributed by atoms with Crippen LogP contribution in [0.25, 0.3) is 0 Å². The number of alkyl halides is 3. The maximum Gasteiger partial charge on any atom is 0.421 e. The summed E-state index contributed by atoms with van der Waals surface area (Å²) in [6.07, 6.45) is -3.92. The van der Waals surface area contributed by atoms with Crippen molar-refractivity contribution in [3.8, 4) is 0 Å². The van der Waals surface area contributed by atoms with Crippen molar-refractivity contribution >= 4 is 17.5 Å². The van der Waals surface area contributed by atoms with E-state index in [1.54, 1.807) is 13.0 Å². The normalized spacial score (nSPS) is 11.3. The molecule has 0 unspecified atom stereocenters. The lowest BCUT2D eigenvalue weighted by Gasteiger charge is -2.13. The van der Waals surface area contributed by atoms with Gasteiger partial charge in [0.15, 0.2) is 0 Å². The molecule has 21 heavy (non-hydrogen) atoms. The van der Waals surface area contributed by atoms with Crippen molar-refractivity contribution in [3.05, 3.63) is 41.3 Å². The third-order valence-electron chi connectivity index (χ3n) is 2.70. The fourth-order valence-electron chi connectivity index (χ4n) is 1.70. The molecule has 1 heterocycles. The quantitative estimate of drug-likeness (QED) is 0.848. The Morgan fingerprint density at radius 2 is 1.90 bits per heavy atom. The number of nitrogens with zero attached hydrogens (tertiary/aromatic N) is 2. The first kappa shape index (κ1) is 15.0. The molecule has 0 saturated heterocycles. The summed E-state index contributed by atoms with van der Waals surface area (Å²) in [6, 6.07) is 4.34. The van der Waals surface area contributed by atoms with E-state index in [9.17, 15) is 17.6 Å². The van der Waals surface area contributed by atoms with E-state index in [2.05, 4.69) is 20.6 Å². The molecule has 0 saturated carbocycles. The van der Waals surface area contributed by atoms with Crippen molar-refractivity contribution in [2.24, 2.45) is 0 Å². The van der Waals surface area contributed by atoms with E-state index in [0.29, 0.717) is 6.20 Å². The van der Waals surface area contributed by atoms with Crippen LogP contribution in [0.5, 0.6) is 0 Å². The molecule has 0 radical (unpaired) electrons. The van der Waals surface area contributed by atoms with Gasteiger partial charge in [-0.15, -0.1) is 0 Å². The van der Waals surface area contributed by atoms with Crippen molar-refractivity contribution in [2.75, 3.05) is 17.7 Å². The van der Waals surface area contributed by atoms with Gasteiger partial charge in [0.1, 0.15) is 17.2 Å². The van der Waals surface area contributed by atoms with Crippen LogP contribution in [-0.4, -0.2) is 17.0 Å². The highest BCUT2D eigenvalue weighted by atomic mass is 19.4. The fourth-order valence-corrected chi connectivity index (χ4v) is 1.70. The van der Waals surface area contributed by atoms with Crippen LogP contribution in [-0.2, 0) is 6.18 Å². The minimum Gasteiger partial charge on any atom is -0.372 e. The predicted octanol–water partition coefficient (Wildman–Crippen LogP) is 3.73. The molecule has 8 heteroatoms. The highest BCUT2D eigenvalue weighted by Gasteiger charge is 2.35. The summed E-state index contributed by atoms with van der Waals surface area (Å²) in [4.78, 5) is 7.27. The van der Waals surface area contributed by atoms with E-state index >= 15 is 0 Å². The lowest BCUT2D eigenvalue weighted by atomic mass is 10.2. The Morgan fingerprint density at radius 3 is 2.52 bits per heavy atom. The first-order valence-electron chi connectivity index (χ1n) is 5.96. The van der Waals surface area contributed by atoms with Gasteiger partial charge in [-0.3, -0.25) is 0 Å². The van der Waals surface area contributed by atoms with Gasteiger partial charge >= 0.3 is 6.18 Å². The molecule has 0 aliphatic carbocycles. The van der Waals surface area contributed by atoms with E-state index < -0.39 is 17.6 Å². The number of hydrogen-bond acceptors (Lipinski definition) is 4. The number of rotatable bonds is 3. The lowest BCUT2D eigenvalue weighted by molar-refractivity contribution is -0.137. The third-order valence-corrected chi connectivity index (χ3v) is 2.70. The number of nitrogens with one attached hydrogen (secondary N) is 2. The summed E-state index contributed by atoms with van der Waals surface area (Å²) in [7, 11) is 1.31. The second-order valence-electron chi connectivity index (χ2n) is 4.31. The summed E-state index contributed by atoms with van der Waals surface area (Å²) in [5, 5.41) is 4.91. The van der Waals surface area contributed by atoms with Crippen molar-refractivity contribution < 1.29 is 17.6 Å². The molecule has 2 N–H and O–H groups in total. The average Bonchev–Trinajstić information content (AvgIpc) is 2.41. The summed E-state index contributed by atoms with van der Waals surface area (Å²) in [6.45, 7) is 1.76. The summed E-state index contributed by atoms with van der Waals surface area (Å²) >= 11 is 0. The second kappa shape index (κ2) is 5.55. The van der Waals surface area contributed by atoms with Crippen molar-refractivity contribution in [2.45, 2.75) is 13.1 Å². The number of hydrogen-bond donors (Lipinski definition) is 2. The second-order valence-corrected chi connectivity index (χ2v) is 4.31. The zero-order chi connectivity index (χ0) is 15.6. The van der Waals surface area contributed by atoms with Gasteiger partial charge in [-0.25, -0.2) is 9.37 Å². The molecular weight excluding hydrogens is 288 g/mol. The smallest absolute Gasteiger partial charge is 0.372 e. The SMILES string of the molecule is CNc1nc(Nc2cc(C)ccc2F)ncc1C(F)(F)F. The highest BCUT2D eigenvalue weighted by molar-refractivity contribution is 5.58. The van der Waals surface area contributed by atoms with E-state index in [1.807, 2.05) is 0 Å². The first-order chi connectivity index (χ1) is 9.81. The summed E-state index contributed by atoms with van der Waals surface area (Å²) in [5.41, 5.74) is -0.100. The number of benzene rings is 1. The summed E-state index contributed by atoms with van der Waals surface area (Å²) < 4.78 is 51.7. The molecule has 1 aromatic carbocycles. The number of anilines is 3. The Morgan fingerprint density at radius 1 is 1.19 bits per heavy atom. The van der Waals surface area contributed by atoms with Gasteiger partial charge in [-0.1, -0.05) is 6.07 Å². The molecular formula is C13H12F4N4. The molecule has 112 valence electrons. The lowest BCUT2D eigenvalue weighted by Crippen LogP contribution is -2.12. The Kier molecular flexibility index (Phi) is 3.97. The standard InChI is InChI=1S/C13H12F4N4/c1-7-3-4-9(14)10(5-7)20-12-19-6-8(13(15,16)17)11(18-2)21-12/h3-6H,1-2H3,(H2,18,19,20,21). The van der Waals surface area contributed by atoms with Crippen molar-refractivity contribution in [1.82, 2.24) is 9.97 Å². The van der Waals surface area contributed by atoms with Crippen LogP contribution < -0.4 is 10.6 Å². The van der Waals surface area contributed by atoms with Gasteiger partial charge in [0.2, 0.25) is 5.95 Å². The van der Waals surface area contributed by atoms with Gasteiger partial charge in [0, 0.05) is 13.2 Å². The van der Waals surface area contributed by atoms with Crippen LogP contribution in [0.4, 0.5) is 35.0 Å². The Balaban J connectivity index is 2.36. The molecule has 0 bridgehead atoms. The van der Waals surface area contributed by atoms with Crippen LogP contribution in [0.15, 0.2) is 24.4 Å². The highest BCUT2D eigenvalue weighted by Crippen LogP contribution is 2.33. The molecule has 0 fully saturated rings. The van der Waals surface area contributed by atoms with Crippen molar-refractivity contribution in [1.29, 1.82) is 0 Å². The fraction of sp³-hybridized carbons (Fsp3) is 0.231. The third kappa shape index (κ3) is 3.39. The van der Waals surface area contributed by atoms with Crippen LogP contribution in [0.1, 0.15) is 11.1 Å². The molecule has 0 spiro atoms. The maximum atomic E-state index is 13.6. The zero-order valence-corrected chi connectivity index (χ0v) is 11.2. The Bertz CT molecular complexity index is 655. The molecule has 0 aliphatic heterocycles. The van der Waals surface area contributed by atoms with Gasteiger partial charge in [0.25, 0.3) is 0 Å². The molecule has 2 aromatic rings. The van der Waals surface area contributed by atoms with E-state index in [0.717, 1.165) is 5.56 Å². The average molecular weight is 300 g/mol. The van der Waals surface area contributed by atoms with E-state index in [4.69, 9.17) is 0 Å². The van der Waals surface area contributed by atoms with Crippen LogP contribution >= 0.6 is 0 Å². The predicted molar refractivity (Wildman–Crippen MR) is 71.0 cm³/mol. The molecule has 0 atom stereocenters. The molecule has 2 rings (SSSR count). The van der Waals surface area contributed by atoms with Gasteiger partial charge < -0.3 is 10.6 Å². The van der Waals surface area contributed by atoms with Crippen molar-refractivity contribution in [3.63, 3.8) is 0 Å². The van der Waals surface area contributed by atoms with Gasteiger partial charge in [-0.05, 0) is 24.6 Å². The van der Waals surface area contributed by atoms with E-state index in [-0.39, 0.29) is 17.5 Å². The van der Waals surface area contributed by atoms with Gasteiger partial charge in [0.05, 0.1) is 5.69 Å². The topological polar surface area (TPSA) is 49.8 Å². The number of aromatic nitrogens is 2. The first-order valence-corrected chi connectivity index (χ1v) is 5.96. The minimum atomic E-state index is -4.56. The zero-order valence-electron chi connectivity index (χ0n) is 11.2. The molecule has 4 nitrogen and oxygen atoms in total. The van der Waals surface area contributed by atoms with Crippen LogP contribution in [0, 0.1) is 12.7 Å².